The van der Waals surface area contributed by atoms with Crippen LogP contribution in [0.3, 0.4) is 0 Å². The fourth-order valence-corrected chi connectivity index (χ4v) is 2.66. The number of aromatic hydroxyl groups is 1. The highest BCUT2D eigenvalue weighted by molar-refractivity contribution is 5.87. The Hall–Kier alpha value is -2.70. The Balaban J connectivity index is 1.56. The second-order valence-corrected chi connectivity index (χ2v) is 5.79. The zero-order chi connectivity index (χ0) is 16.9. The second kappa shape index (κ2) is 7.25. The molecule has 0 aliphatic carbocycles. The summed E-state index contributed by atoms with van der Waals surface area (Å²) in [6.45, 7) is 1.81. The first-order chi connectivity index (χ1) is 11.6. The maximum Gasteiger partial charge on any atom is 0.258 e. The van der Waals surface area contributed by atoms with E-state index in [9.17, 15) is 9.90 Å². The topological polar surface area (TPSA) is 85.8 Å². The molecule has 0 bridgehead atoms. The van der Waals surface area contributed by atoms with E-state index in [1.54, 1.807) is 6.07 Å². The van der Waals surface area contributed by atoms with Crippen molar-refractivity contribution < 1.29 is 9.90 Å². The highest BCUT2D eigenvalue weighted by Crippen LogP contribution is 2.22. The van der Waals surface area contributed by atoms with Gasteiger partial charge in [-0.15, -0.1) is 0 Å². The summed E-state index contributed by atoms with van der Waals surface area (Å²) >= 11 is 0. The SMILES string of the molecule is Cc1cccc(/C=N/NC(=O)C2CC(c3ccccc3)NN2)c1O. The van der Waals surface area contributed by atoms with Gasteiger partial charge in [-0.25, -0.2) is 16.3 Å². The van der Waals surface area contributed by atoms with Crippen molar-refractivity contribution in [1.29, 1.82) is 0 Å². The Bertz CT molecular complexity index is 746. The van der Waals surface area contributed by atoms with E-state index in [-0.39, 0.29) is 23.7 Å². The average molecular weight is 324 g/mol. The van der Waals surface area contributed by atoms with Crippen LogP contribution in [0.4, 0.5) is 0 Å². The minimum Gasteiger partial charge on any atom is -0.507 e. The molecule has 0 spiro atoms. The van der Waals surface area contributed by atoms with Gasteiger partial charge in [0.2, 0.25) is 0 Å². The molecular weight excluding hydrogens is 304 g/mol. The van der Waals surface area contributed by atoms with E-state index >= 15 is 0 Å². The largest absolute Gasteiger partial charge is 0.507 e. The van der Waals surface area contributed by atoms with Crippen LogP contribution in [0.2, 0.25) is 0 Å². The number of carbonyl (C=O) groups is 1. The number of phenols is 1. The van der Waals surface area contributed by atoms with Gasteiger partial charge >= 0.3 is 0 Å². The number of amides is 1. The second-order valence-electron chi connectivity index (χ2n) is 5.79. The first kappa shape index (κ1) is 16.2. The van der Waals surface area contributed by atoms with Gasteiger partial charge in [0.25, 0.3) is 5.91 Å². The van der Waals surface area contributed by atoms with E-state index in [2.05, 4.69) is 21.4 Å². The smallest absolute Gasteiger partial charge is 0.258 e. The van der Waals surface area contributed by atoms with E-state index < -0.39 is 0 Å². The van der Waals surface area contributed by atoms with Crippen molar-refractivity contribution in [3.8, 4) is 5.75 Å². The molecule has 1 amide bonds. The monoisotopic (exact) mass is 324 g/mol. The molecule has 2 unspecified atom stereocenters. The normalized spacial score (nSPS) is 20.4. The van der Waals surface area contributed by atoms with E-state index in [1.807, 2.05) is 49.4 Å². The van der Waals surface area contributed by atoms with Crippen LogP contribution in [0.1, 0.15) is 29.2 Å². The number of phenolic OH excluding ortho intramolecular Hbond substituents is 1. The molecule has 1 fully saturated rings. The highest BCUT2D eigenvalue weighted by atomic mass is 16.3. The van der Waals surface area contributed by atoms with Crippen LogP contribution in [0.15, 0.2) is 53.6 Å². The highest BCUT2D eigenvalue weighted by Gasteiger charge is 2.29. The number of aryl methyl sites for hydroxylation is 1. The molecule has 0 radical (unpaired) electrons. The van der Waals surface area contributed by atoms with E-state index in [0.717, 1.165) is 11.1 Å². The molecule has 2 atom stereocenters. The summed E-state index contributed by atoms with van der Waals surface area (Å²) in [6.07, 6.45) is 2.08. The maximum atomic E-state index is 12.2. The van der Waals surface area contributed by atoms with E-state index in [0.29, 0.717) is 12.0 Å². The molecular formula is C18H20N4O2. The van der Waals surface area contributed by atoms with Crippen molar-refractivity contribution in [3.05, 3.63) is 65.2 Å². The van der Waals surface area contributed by atoms with Crippen LogP contribution in [0.5, 0.6) is 5.75 Å². The molecule has 2 aromatic rings. The summed E-state index contributed by atoms with van der Waals surface area (Å²) in [6, 6.07) is 15.1. The van der Waals surface area contributed by atoms with Gasteiger partial charge in [0.05, 0.1) is 6.21 Å². The standard InChI is InChI=1S/C18H20N4O2/c1-12-6-5-9-14(17(12)23)11-19-22-18(24)16-10-15(20-21-16)13-7-3-2-4-8-13/h2-9,11,15-16,20-21,23H,10H2,1H3,(H,22,24)/b19-11+. The lowest BCUT2D eigenvalue weighted by Gasteiger charge is -2.08. The summed E-state index contributed by atoms with van der Waals surface area (Å²) in [5.41, 5.74) is 11.1. The van der Waals surface area contributed by atoms with Gasteiger partial charge in [-0.3, -0.25) is 4.79 Å². The van der Waals surface area contributed by atoms with Crippen molar-refractivity contribution in [2.45, 2.75) is 25.4 Å². The molecule has 0 aromatic heterocycles. The number of hydrazine groups is 1. The van der Waals surface area contributed by atoms with Crippen LogP contribution in [-0.4, -0.2) is 23.3 Å². The molecule has 6 heteroatoms. The number of hydrazone groups is 1. The van der Waals surface area contributed by atoms with Gasteiger partial charge in [0.15, 0.2) is 0 Å². The van der Waals surface area contributed by atoms with Crippen molar-refractivity contribution in [2.75, 3.05) is 0 Å². The van der Waals surface area contributed by atoms with Crippen molar-refractivity contribution in [2.24, 2.45) is 5.10 Å². The number of hydrogen-bond donors (Lipinski definition) is 4. The van der Waals surface area contributed by atoms with Crippen LogP contribution in [0, 0.1) is 6.92 Å². The number of nitrogens with one attached hydrogen (secondary N) is 3. The molecule has 124 valence electrons. The predicted molar refractivity (Wildman–Crippen MR) is 92.4 cm³/mol. The first-order valence-corrected chi connectivity index (χ1v) is 7.82. The third-order valence-corrected chi connectivity index (χ3v) is 4.07. The maximum absolute atomic E-state index is 12.2. The quantitative estimate of drug-likeness (QED) is 0.510. The molecule has 1 saturated heterocycles. The molecule has 1 aliphatic heterocycles. The van der Waals surface area contributed by atoms with Crippen molar-refractivity contribution >= 4 is 12.1 Å². The average Bonchev–Trinajstić information content (AvgIpc) is 3.09. The van der Waals surface area contributed by atoms with E-state index in [1.165, 1.54) is 6.21 Å². The third-order valence-electron chi connectivity index (χ3n) is 4.07. The fourth-order valence-electron chi connectivity index (χ4n) is 2.66. The van der Waals surface area contributed by atoms with Crippen LogP contribution in [0.25, 0.3) is 0 Å². The molecule has 2 aromatic carbocycles. The Morgan fingerprint density at radius 3 is 2.79 bits per heavy atom. The van der Waals surface area contributed by atoms with Gasteiger partial charge < -0.3 is 5.11 Å². The summed E-state index contributed by atoms with van der Waals surface area (Å²) in [5, 5.41) is 13.8. The lowest BCUT2D eigenvalue weighted by Crippen LogP contribution is -2.41. The fraction of sp³-hybridized carbons (Fsp3) is 0.222. The van der Waals surface area contributed by atoms with Gasteiger partial charge in [0.1, 0.15) is 11.8 Å². The number of para-hydroxylation sites is 1. The minimum absolute atomic E-state index is 0.0896. The van der Waals surface area contributed by atoms with E-state index in [4.69, 9.17) is 0 Å². The van der Waals surface area contributed by atoms with Crippen LogP contribution >= 0.6 is 0 Å². The molecule has 6 nitrogen and oxygen atoms in total. The lowest BCUT2D eigenvalue weighted by atomic mass is 10.0. The first-order valence-electron chi connectivity index (χ1n) is 7.82. The van der Waals surface area contributed by atoms with Gasteiger partial charge in [0, 0.05) is 11.6 Å². The summed E-state index contributed by atoms with van der Waals surface area (Å²) in [4.78, 5) is 12.2. The zero-order valence-corrected chi connectivity index (χ0v) is 13.4. The van der Waals surface area contributed by atoms with Crippen LogP contribution in [-0.2, 0) is 4.79 Å². The number of hydrogen-bond acceptors (Lipinski definition) is 5. The summed E-state index contributed by atoms with van der Waals surface area (Å²) in [5.74, 6) is -0.0513. The molecule has 1 aliphatic rings. The zero-order valence-electron chi connectivity index (χ0n) is 13.4. The summed E-state index contributed by atoms with van der Waals surface area (Å²) < 4.78 is 0. The van der Waals surface area contributed by atoms with Crippen LogP contribution < -0.4 is 16.3 Å². The van der Waals surface area contributed by atoms with Crippen molar-refractivity contribution in [1.82, 2.24) is 16.3 Å². The molecule has 1 heterocycles. The van der Waals surface area contributed by atoms with Gasteiger partial charge in [-0.05, 0) is 30.5 Å². The Morgan fingerprint density at radius 2 is 2.00 bits per heavy atom. The predicted octanol–water partition coefficient (Wildman–Crippen LogP) is 1.76. The summed E-state index contributed by atoms with van der Waals surface area (Å²) in [7, 11) is 0. The Morgan fingerprint density at radius 1 is 1.21 bits per heavy atom. The molecule has 0 saturated carbocycles. The number of rotatable bonds is 4. The Kier molecular flexibility index (Phi) is 4.88. The molecule has 3 rings (SSSR count). The lowest BCUT2D eigenvalue weighted by molar-refractivity contribution is -0.122. The third kappa shape index (κ3) is 3.61. The Labute approximate surface area is 140 Å². The van der Waals surface area contributed by atoms with Crippen molar-refractivity contribution in [3.63, 3.8) is 0 Å². The minimum atomic E-state index is -0.363. The number of carbonyl (C=O) groups excluding carboxylic acids is 1. The number of nitrogens with zero attached hydrogens (tertiary/aromatic N) is 1. The molecule has 4 N–H and O–H groups in total. The number of benzene rings is 2. The van der Waals surface area contributed by atoms with Gasteiger partial charge in [-0.1, -0.05) is 42.5 Å². The molecule has 24 heavy (non-hydrogen) atoms. The van der Waals surface area contributed by atoms with Gasteiger partial charge in [-0.2, -0.15) is 5.10 Å².